The maximum Gasteiger partial charge on any atom is 0.406 e. The van der Waals surface area contributed by atoms with Crippen molar-refractivity contribution in [3.8, 4) is 0 Å². The minimum absolute atomic E-state index is 0.455. The van der Waals surface area contributed by atoms with Crippen molar-refractivity contribution in [2.75, 3.05) is 6.54 Å². The Bertz CT molecular complexity index is 446. The van der Waals surface area contributed by atoms with Crippen LogP contribution in [-0.4, -0.2) is 29.6 Å². The zero-order chi connectivity index (χ0) is 16.0. The molecule has 6 heteroatoms. The summed E-state index contributed by atoms with van der Waals surface area (Å²) in [5, 5.41) is -1.10. The van der Waals surface area contributed by atoms with Gasteiger partial charge in [-0.05, 0) is 18.4 Å². The van der Waals surface area contributed by atoms with Gasteiger partial charge in [-0.25, -0.2) is 0 Å². The Hall–Kier alpha value is -1.23. The van der Waals surface area contributed by atoms with Gasteiger partial charge < -0.3 is 4.90 Å². The highest BCUT2D eigenvalue weighted by atomic mass is 35.5. The molecule has 1 unspecified atom stereocenters. The molecule has 0 N–H and O–H groups in total. The van der Waals surface area contributed by atoms with E-state index >= 15 is 0 Å². The molecule has 1 aromatic carbocycles. The van der Waals surface area contributed by atoms with Crippen LogP contribution in [0.15, 0.2) is 30.3 Å². The molecule has 118 valence electrons. The average Bonchev–Trinajstić information content (AvgIpc) is 2.45. The summed E-state index contributed by atoms with van der Waals surface area (Å²) in [6.45, 7) is 2.25. The summed E-state index contributed by atoms with van der Waals surface area (Å²) < 4.78 is 38.2. The lowest BCUT2D eigenvalue weighted by molar-refractivity contribution is -0.166. The van der Waals surface area contributed by atoms with Crippen molar-refractivity contribution in [3.05, 3.63) is 35.9 Å². The molecule has 0 bridgehead atoms. The first-order chi connectivity index (χ1) is 9.80. The molecule has 21 heavy (non-hydrogen) atoms. The van der Waals surface area contributed by atoms with Gasteiger partial charge in [0.05, 0.1) is 0 Å². The fraction of sp³-hybridized carbons (Fsp3) is 0.533. The molecular formula is C15H19ClF3NO. The van der Waals surface area contributed by atoms with Crippen LogP contribution in [0.4, 0.5) is 13.2 Å². The topological polar surface area (TPSA) is 20.3 Å². The van der Waals surface area contributed by atoms with Gasteiger partial charge in [0.1, 0.15) is 11.9 Å². The van der Waals surface area contributed by atoms with Crippen molar-refractivity contribution in [1.82, 2.24) is 4.90 Å². The largest absolute Gasteiger partial charge is 0.406 e. The molecule has 1 rings (SSSR count). The molecule has 0 aliphatic heterocycles. The van der Waals surface area contributed by atoms with E-state index in [4.69, 9.17) is 11.6 Å². The standard InChI is InChI=1S/C15H19ClF3NO/c1-3-12(4-2)20(10-15(17,18)19)14(21)13(16)11-8-6-5-7-9-11/h5-9,12-13H,3-4,10H2,1-2H3. The third-order valence-corrected chi connectivity index (χ3v) is 3.76. The summed E-state index contributed by atoms with van der Waals surface area (Å²) in [7, 11) is 0. The smallest absolute Gasteiger partial charge is 0.329 e. The molecule has 0 spiro atoms. The molecule has 0 aliphatic carbocycles. The quantitative estimate of drug-likeness (QED) is 0.704. The highest BCUT2D eigenvalue weighted by Crippen LogP contribution is 2.28. The summed E-state index contributed by atoms with van der Waals surface area (Å²) in [4.78, 5) is 13.2. The van der Waals surface area contributed by atoms with E-state index < -0.39 is 30.0 Å². The SMILES string of the molecule is CCC(CC)N(CC(F)(F)F)C(=O)C(Cl)c1ccccc1. The molecule has 0 saturated carbocycles. The zero-order valence-corrected chi connectivity index (χ0v) is 12.8. The van der Waals surface area contributed by atoms with E-state index in [1.165, 1.54) is 0 Å². The first-order valence-corrected chi connectivity index (χ1v) is 7.30. The Balaban J connectivity index is 2.99. The predicted octanol–water partition coefficient (Wildman–Crippen LogP) is 4.55. The molecule has 0 fully saturated rings. The molecule has 0 aromatic heterocycles. The van der Waals surface area contributed by atoms with Gasteiger partial charge in [-0.1, -0.05) is 44.2 Å². The normalized spacial score (nSPS) is 13.3. The van der Waals surface area contributed by atoms with Crippen molar-refractivity contribution in [1.29, 1.82) is 0 Å². The van der Waals surface area contributed by atoms with Gasteiger partial charge in [-0.2, -0.15) is 13.2 Å². The summed E-state index contributed by atoms with van der Waals surface area (Å²) in [5.41, 5.74) is 0.502. The van der Waals surface area contributed by atoms with Crippen LogP contribution in [0.5, 0.6) is 0 Å². The predicted molar refractivity (Wildman–Crippen MR) is 77.2 cm³/mol. The first-order valence-electron chi connectivity index (χ1n) is 6.86. The third kappa shape index (κ3) is 5.23. The van der Waals surface area contributed by atoms with Crippen LogP contribution < -0.4 is 0 Å². The van der Waals surface area contributed by atoms with E-state index in [1.807, 2.05) is 0 Å². The highest BCUT2D eigenvalue weighted by Gasteiger charge is 2.37. The van der Waals surface area contributed by atoms with Crippen LogP contribution in [0, 0.1) is 0 Å². The van der Waals surface area contributed by atoms with Gasteiger partial charge in [-0.15, -0.1) is 11.6 Å². The Morgan fingerprint density at radius 1 is 1.19 bits per heavy atom. The molecule has 0 heterocycles. The molecule has 2 nitrogen and oxygen atoms in total. The van der Waals surface area contributed by atoms with Gasteiger partial charge in [-0.3, -0.25) is 4.79 Å². The van der Waals surface area contributed by atoms with E-state index in [9.17, 15) is 18.0 Å². The van der Waals surface area contributed by atoms with Gasteiger partial charge >= 0.3 is 6.18 Å². The lowest BCUT2D eigenvalue weighted by Gasteiger charge is -2.32. The second kappa shape index (κ2) is 7.69. The fourth-order valence-corrected chi connectivity index (χ4v) is 2.49. The van der Waals surface area contributed by atoms with Crippen molar-refractivity contribution >= 4 is 17.5 Å². The number of alkyl halides is 4. The van der Waals surface area contributed by atoms with E-state index in [0.29, 0.717) is 18.4 Å². The summed E-state index contributed by atoms with van der Waals surface area (Å²) in [6.07, 6.45) is -3.53. The number of hydrogen-bond acceptors (Lipinski definition) is 1. The second-order valence-electron chi connectivity index (χ2n) is 4.82. The fourth-order valence-electron chi connectivity index (χ4n) is 2.22. The molecule has 0 saturated heterocycles. The minimum Gasteiger partial charge on any atom is -0.329 e. The number of amides is 1. The highest BCUT2D eigenvalue weighted by molar-refractivity contribution is 6.30. The number of carbonyl (C=O) groups is 1. The van der Waals surface area contributed by atoms with E-state index in [-0.39, 0.29) is 0 Å². The molecule has 0 aliphatic rings. The van der Waals surface area contributed by atoms with E-state index in [2.05, 4.69) is 0 Å². The van der Waals surface area contributed by atoms with Crippen LogP contribution in [0.25, 0.3) is 0 Å². The van der Waals surface area contributed by atoms with E-state index in [0.717, 1.165) is 4.90 Å². The number of carbonyl (C=O) groups excluding carboxylic acids is 1. The maximum absolute atomic E-state index is 12.7. The van der Waals surface area contributed by atoms with Crippen molar-refractivity contribution in [3.63, 3.8) is 0 Å². The molecule has 1 amide bonds. The maximum atomic E-state index is 12.7. The summed E-state index contributed by atoms with van der Waals surface area (Å²) in [5.74, 6) is -0.700. The Labute approximate surface area is 127 Å². The van der Waals surface area contributed by atoms with Crippen LogP contribution >= 0.6 is 11.6 Å². The van der Waals surface area contributed by atoms with Crippen molar-refractivity contribution in [2.24, 2.45) is 0 Å². The van der Waals surface area contributed by atoms with Crippen molar-refractivity contribution < 1.29 is 18.0 Å². The van der Waals surface area contributed by atoms with Gasteiger partial charge in [0, 0.05) is 6.04 Å². The number of rotatable bonds is 6. The minimum atomic E-state index is -4.44. The zero-order valence-electron chi connectivity index (χ0n) is 12.0. The molecule has 0 radical (unpaired) electrons. The van der Waals surface area contributed by atoms with Gasteiger partial charge in [0.15, 0.2) is 0 Å². The van der Waals surface area contributed by atoms with E-state index in [1.54, 1.807) is 44.2 Å². The Kier molecular flexibility index (Phi) is 6.52. The first kappa shape index (κ1) is 17.8. The van der Waals surface area contributed by atoms with Crippen LogP contribution in [-0.2, 0) is 4.79 Å². The number of nitrogens with zero attached hydrogens (tertiary/aromatic N) is 1. The molecule has 1 aromatic rings. The second-order valence-corrected chi connectivity index (χ2v) is 5.26. The lowest BCUT2D eigenvalue weighted by atomic mass is 10.1. The van der Waals surface area contributed by atoms with Crippen LogP contribution in [0.2, 0.25) is 0 Å². The Morgan fingerprint density at radius 3 is 2.14 bits per heavy atom. The molecular weight excluding hydrogens is 303 g/mol. The third-order valence-electron chi connectivity index (χ3n) is 3.33. The van der Waals surface area contributed by atoms with Gasteiger partial charge in [0.2, 0.25) is 5.91 Å². The monoisotopic (exact) mass is 321 g/mol. The Morgan fingerprint density at radius 2 is 1.71 bits per heavy atom. The summed E-state index contributed by atoms with van der Waals surface area (Å²) in [6, 6.07) is 7.95. The summed E-state index contributed by atoms with van der Waals surface area (Å²) >= 11 is 6.08. The van der Waals surface area contributed by atoms with Crippen LogP contribution in [0.1, 0.15) is 37.6 Å². The van der Waals surface area contributed by atoms with Crippen molar-refractivity contribution in [2.45, 2.75) is 44.3 Å². The lowest BCUT2D eigenvalue weighted by Crippen LogP contribution is -2.46. The number of hydrogen-bond donors (Lipinski definition) is 0. The van der Waals surface area contributed by atoms with Crippen LogP contribution in [0.3, 0.4) is 0 Å². The van der Waals surface area contributed by atoms with Gasteiger partial charge in [0.25, 0.3) is 0 Å². The molecule has 1 atom stereocenters. The number of halogens is 4. The number of benzene rings is 1. The average molecular weight is 322 g/mol.